The monoisotopic (exact) mass is 287 g/mol. The minimum Gasteiger partial charge on any atom is -0.471 e. The zero-order chi connectivity index (χ0) is 10.4. The van der Waals surface area contributed by atoms with Gasteiger partial charge < -0.3 is 10.1 Å². The number of rotatable bonds is 4. The normalized spacial score (nSPS) is 18.0. The molecule has 4 heteroatoms. The van der Waals surface area contributed by atoms with Gasteiger partial charge >= 0.3 is 6.09 Å². The van der Waals surface area contributed by atoms with E-state index >= 15 is 0 Å². The first-order valence-corrected chi connectivity index (χ1v) is 5.43. The summed E-state index contributed by atoms with van der Waals surface area (Å²) in [6.07, 6.45) is 5.74. The predicted molar refractivity (Wildman–Crippen MR) is 55.6 cm³/mol. The Hall–Kier alpha value is 0.374. The Morgan fingerprint density at radius 2 is 2.07 bits per heavy atom. The van der Waals surface area contributed by atoms with E-state index < -0.39 is 0 Å². The molecule has 0 saturated heterocycles. The van der Waals surface area contributed by atoms with E-state index in [1.165, 1.54) is 25.7 Å². The first-order chi connectivity index (χ1) is 6.72. The molecule has 0 spiro atoms. The van der Waals surface area contributed by atoms with Crippen LogP contribution in [0.2, 0.25) is 0 Å². The average Bonchev–Trinajstić information content (AvgIpc) is 2.65. The van der Waals surface area contributed by atoms with E-state index in [4.69, 9.17) is 4.74 Å². The minimum absolute atomic E-state index is 0. The quantitative estimate of drug-likeness (QED) is 0.807. The molecule has 0 bridgehead atoms. The maximum atomic E-state index is 11.1. The summed E-state index contributed by atoms with van der Waals surface area (Å²) in [5.74, 6) is 0. The number of nitrogens with one attached hydrogen (secondary N) is 1. The van der Waals surface area contributed by atoms with Gasteiger partial charge in [-0.3, -0.25) is 0 Å². The molecule has 0 aromatic heterocycles. The van der Waals surface area contributed by atoms with Gasteiger partial charge in [0.15, 0.2) is 0 Å². The van der Waals surface area contributed by atoms with E-state index in [1.54, 1.807) is 13.5 Å². The molecule has 1 N–H and O–H groups in total. The van der Waals surface area contributed by atoms with Gasteiger partial charge in [0.25, 0.3) is 0 Å². The molecule has 1 amide bonds. The number of amides is 1. The maximum absolute atomic E-state index is 11.1. The molecule has 1 radical (unpaired) electrons. The SMILES string of the molecule is C[CH-]NC(=O)OCC1(CC)CCCC1.[Y]. The van der Waals surface area contributed by atoms with Crippen molar-refractivity contribution in [3.05, 3.63) is 6.54 Å². The van der Waals surface area contributed by atoms with E-state index in [-0.39, 0.29) is 44.2 Å². The second kappa shape index (κ2) is 7.62. The fourth-order valence-corrected chi connectivity index (χ4v) is 2.10. The number of carbonyl (C=O) groups excluding carboxylic acids is 1. The summed E-state index contributed by atoms with van der Waals surface area (Å²) in [6, 6.07) is 0. The van der Waals surface area contributed by atoms with Crippen molar-refractivity contribution < 1.29 is 42.2 Å². The zero-order valence-corrected chi connectivity index (χ0v) is 12.6. The van der Waals surface area contributed by atoms with Crippen molar-refractivity contribution in [2.75, 3.05) is 6.61 Å². The van der Waals surface area contributed by atoms with Gasteiger partial charge in [0, 0.05) is 38.1 Å². The minimum atomic E-state index is -0.327. The predicted octanol–water partition coefficient (Wildman–Crippen LogP) is 2.86. The number of carbonyl (C=O) groups is 1. The van der Waals surface area contributed by atoms with Gasteiger partial charge in [-0.25, -0.2) is 11.3 Å². The molecule has 0 atom stereocenters. The molecule has 0 heterocycles. The van der Waals surface area contributed by atoms with Crippen LogP contribution in [0, 0.1) is 12.0 Å². The fourth-order valence-electron chi connectivity index (χ4n) is 2.10. The fraction of sp³-hybridized carbons (Fsp3) is 0.818. The van der Waals surface area contributed by atoms with Crippen LogP contribution in [0.25, 0.3) is 0 Å². The van der Waals surface area contributed by atoms with E-state index in [1.807, 2.05) is 0 Å². The molecule has 85 valence electrons. The smallest absolute Gasteiger partial charge is 0.377 e. The second-order valence-corrected chi connectivity index (χ2v) is 4.07. The summed E-state index contributed by atoms with van der Waals surface area (Å²) in [5.41, 5.74) is 0.269. The number of hydrogen-bond donors (Lipinski definition) is 1. The van der Waals surface area contributed by atoms with Crippen LogP contribution in [-0.2, 0) is 37.4 Å². The van der Waals surface area contributed by atoms with Gasteiger partial charge in [0.1, 0.15) is 0 Å². The van der Waals surface area contributed by atoms with Crippen molar-refractivity contribution in [3.8, 4) is 0 Å². The summed E-state index contributed by atoms with van der Waals surface area (Å²) >= 11 is 0. The van der Waals surface area contributed by atoms with Gasteiger partial charge in [-0.15, -0.1) is 0 Å². The topological polar surface area (TPSA) is 38.3 Å². The van der Waals surface area contributed by atoms with Crippen molar-refractivity contribution in [1.29, 1.82) is 0 Å². The molecule has 15 heavy (non-hydrogen) atoms. The summed E-state index contributed by atoms with van der Waals surface area (Å²) in [7, 11) is 0. The largest absolute Gasteiger partial charge is 0.471 e. The Bertz CT molecular complexity index is 191. The van der Waals surface area contributed by atoms with E-state index in [2.05, 4.69) is 12.2 Å². The summed E-state index contributed by atoms with van der Waals surface area (Å²) in [4.78, 5) is 11.1. The van der Waals surface area contributed by atoms with Crippen molar-refractivity contribution in [2.24, 2.45) is 5.41 Å². The Morgan fingerprint density at radius 1 is 1.47 bits per heavy atom. The number of alkyl carbamates (subject to hydrolysis) is 1. The third kappa shape index (κ3) is 4.82. The Balaban J connectivity index is 0.00000196. The van der Waals surface area contributed by atoms with Crippen molar-refractivity contribution in [1.82, 2.24) is 5.32 Å². The van der Waals surface area contributed by atoms with Crippen LogP contribution in [0.3, 0.4) is 0 Å². The molecule has 1 aliphatic rings. The van der Waals surface area contributed by atoms with E-state index in [0.717, 1.165) is 6.42 Å². The van der Waals surface area contributed by atoms with Gasteiger partial charge in [-0.1, -0.05) is 19.8 Å². The van der Waals surface area contributed by atoms with Gasteiger partial charge in [0.2, 0.25) is 0 Å². The molecular formula is C11H20NO2Y-. The molecule has 0 aromatic rings. The third-order valence-corrected chi connectivity index (χ3v) is 3.19. The third-order valence-electron chi connectivity index (χ3n) is 3.19. The Labute approximate surface area is 118 Å². The number of ether oxygens (including phenoxy) is 1. The second-order valence-electron chi connectivity index (χ2n) is 4.07. The average molecular weight is 287 g/mol. The molecule has 1 saturated carbocycles. The van der Waals surface area contributed by atoms with Crippen LogP contribution >= 0.6 is 0 Å². The van der Waals surface area contributed by atoms with Crippen molar-refractivity contribution in [2.45, 2.75) is 46.0 Å². The Kier molecular flexibility index (Phi) is 7.81. The summed E-state index contributed by atoms with van der Waals surface area (Å²) in [5, 5.41) is 2.52. The Morgan fingerprint density at radius 3 is 2.53 bits per heavy atom. The van der Waals surface area contributed by atoms with Crippen LogP contribution in [0.1, 0.15) is 46.0 Å². The van der Waals surface area contributed by atoms with Crippen molar-refractivity contribution in [3.63, 3.8) is 0 Å². The molecular weight excluding hydrogens is 267 g/mol. The summed E-state index contributed by atoms with van der Waals surface area (Å²) < 4.78 is 5.18. The van der Waals surface area contributed by atoms with Crippen molar-refractivity contribution >= 4 is 6.09 Å². The maximum Gasteiger partial charge on any atom is 0.377 e. The first-order valence-electron chi connectivity index (χ1n) is 5.43. The van der Waals surface area contributed by atoms with E-state index in [0.29, 0.717) is 6.61 Å². The zero-order valence-electron chi connectivity index (χ0n) is 9.71. The molecule has 3 nitrogen and oxygen atoms in total. The standard InChI is InChI=1S/C11H20NO2.Y/c1-3-11(7-5-6-8-11)9-14-10(13)12-4-2;/h4H,3,5-9H2,1-2H3,(H,12,13);/q-1;. The first kappa shape index (κ1) is 15.4. The summed E-state index contributed by atoms with van der Waals surface area (Å²) in [6.45, 7) is 6.11. The van der Waals surface area contributed by atoms with Crippen LogP contribution in [0.5, 0.6) is 0 Å². The molecule has 0 unspecified atom stereocenters. The van der Waals surface area contributed by atoms with E-state index in [9.17, 15) is 4.79 Å². The van der Waals surface area contributed by atoms with Gasteiger partial charge in [-0.05, 0) is 19.3 Å². The van der Waals surface area contributed by atoms with Gasteiger partial charge in [0.05, 0.1) is 6.61 Å². The molecule has 1 fully saturated rings. The molecule has 0 aromatic carbocycles. The van der Waals surface area contributed by atoms with Crippen LogP contribution in [-0.4, -0.2) is 12.7 Å². The van der Waals surface area contributed by atoms with Gasteiger partial charge in [-0.2, -0.15) is 6.92 Å². The van der Waals surface area contributed by atoms with Crippen LogP contribution in [0.4, 0.5) is 4.79 Å². The molecule has 0 aliphatic heterocycles. The molecule has 1 aliphatic carbocycles. The van der Waals surface area contributed by atoms with Crippen LogP contribution in [0.15, 0.2) is 0 Å². The van der Waals surface area contributed by atoms with Crippen LogP contribution < -0.4 is 5.32 Å². The molecule has 1 rings (SSSR count). The number of hydrogen-bond acceptors (Lipinski definition) is 2.